The first-order valence-electron chi connectivity index (χ1n) is 8.93. The smallest absolute Gasteiger partial charge is 0.224 e. The van der Waals surface area contributed by atoms with Gasteiger partial charge in [-0.2, -0.15) is 0 Å². The van der Waals surface area contributed by atoms with E-state index in [1.165, 1.54) is 5.56 Å². The molecule has 132 valence electrons. The maximum Gasteiger partial charge on any atom is 0.224 e. The van der Waals surface area contributed by atoms with Gasteiger partial charge in [0, 0.05) is 19.1 Å². The first-order valence-corrected chi connectivity index (χ1v) is 8.93. The minimum absolute atomic E-state index is 0.0135. The molecule has 2 aromatic rings. The number of carbonyl (C=O) groups excluding carboxylic acids is 1. The highest BCUT2D eigenvalue weighted by Crippen LogP contribution is 2.22. The highest BCUT2D eigenvalue weighted by atomic mass is 16.3. The van der Waals surface area contributed by atoms with Crippen LogP contribution in [0.3, 0.4) is 0 Å². The van der Waals surface area contributed by atoms with Crippen molar-refractivity contribution < 1.29 is 9.90 Å². The van der Waals surface area contributed by atoms with Crippen molar-refractivity contribution >= 4 is 5.91 Å². The zero-order chi connectivity index (χ0) is 17.6. The van der Waals surface area contributed by atoms with E-state index < -0.39 is 0 Å². The maximum absolute atomic E-state index is 12.3. The summed E-state index contributed by atoms with van der Waals surface area (Å²) in [4.78, 5) is 14.7. The van der Waals surface area contributed by atoms with Gasteiger partial charge in [-0.15, -0.1) is 0 Å². The van der Waals surface area contributed by atoms with E-state index in [0.29, 0.717) is 12.3 Å². The van der Waals surface area contributed by atoms with Gasteiger partial charge in [-0.25, -0.2) is 0 Å². The van der Waals surface area contributed by atoms with E-state index in [9.17, 15) is 9.90 Å². The monoisotopic (exact) mass is 338 g/mol. The summed E-state index contributed by atoms with van der Waals surface area (Å²) >= 11 is 0. The topological polar surface area (TPSA) is 52.6 Å². The normalized spacial score (nSPS) is 18.8. The number of nitrogens with one attached hydrogen (secondary N) is 1. The molecule has 1 saturated heterocycles. The number of likely N-dealkylation sites (tertiary alicyclic amines) is 1. The van der Waals surface area contributed by atoms with Gasteiger partial charge < -0.3 is 10.4 Å². The minimum Gasteiger partial charge on any atom is -0.508 e. The van der Waals surface area contributed by atoms with Gasteiger partial charge in [-0.05, 0) is 49.1 Å². The van der Waals surface area contributed by atoms with E-state index in [2.05, 4.69) is 41.4 Å². The Morgan fingerprint density at radius 3 is 2.72 bits per heavy atom. The SMILES string of the molecule is C[C@@H](NC(=O)Cc1cccc(O)c1)[C@H]1CCN(Cc2ccccc2)C1. The Bertz CT molecular complexity index is 702. The number of phenolic OH excluding ortho intramolecular Hbond substituents is 1. The molecule has 0 aromatic heterocycles. The third-order valence-electron chi connectivity index (χ3n) is 4.93. The van der Waals surface area contributed by atoms with Gasteiger partial charge in [-0.3, -0.25) is 9.69 Å². The summed E-state index contributed by atoms with van der Waals surface area (Å²) in [7, 11) is 0. The van der Waals surface area contributed by atoms with E-state index in [-0.39, 0.29) is 17.7 Å². The minimum atomic E-state index is 0.0135. The molecule has 2 N–H and O–H groups in total. The molecule has 0 bridgehead atoms. The summed E-state index contributed by atoms with van der Waals surface area (Å²) in [6.45, 7) is 5.16. The fourth-order valence-corrected chi connectivity index (χ4v) is 3.53. The van der Waals surface area contributed by atoms with E-state index in [1.807, 2.05) is 12.1 Å². The Morgan fingerprint density at radius 1 is 1.20 bits per heavy atom. The molecule has 25 heavy (non-hydrogen) atoms. The van der Waals surface area contributed by atoms with Crippen LogP contribution in [-0.2, 0) is 17.8 Å². The molecular formula is C21H26N2O2. The number of hydrogen-bond acceptors (Lipinski definition) is 3. The van der Waals surface area contributed by atoms with E-state index in [0.717, 1.165) is 31.6 Å². The van der Waals surface area contributed by atoms with Gasteiger partial charge in [0.1, 0.15) is 5.75 Å². The summed E-state index contributed by atoms with van der Waals surface area (Å²) in [6.07, 6.45) is 1.42. The molecule has 4 heteroatoms. The number of amides is 1. The lowest BCUT2D eigenvalue weighted by atomic mass is 10.00. The van der Waals surface area contributed by atoms with Crippen molar-refractivity contribution in [3.63, 3.8) is 0 Å². The highest BCUT2D eigenvalue weighted by molar-refractivity contribution is 5.79. The summed E-state index contributed by atoms with van der Waals surface area (Å²) in [5, 5.41) is 12.6. The molecule has 0 unspecified atom stereocenters. The van der Waals surface area contributed by atoms with E-state index >= 15 is 0 Å². The number of rotatable bonds is 6. The maximum atomic E-state index is 12.3. The van der Waals surface area contributed by atoms with Crippen LogP contribution in [0, 0.1) is 5.92 Å². The van der Waals surface area contributed by atoms with Gasteiger partial charge in [0.05, 0.1) is 6.42 Å². The largest absolute Gasteiger partial charge is 0.508 e. The van der Waals surface area contributed by atoms with Crippen LogP contribution in [0.5, 0.6) is 5.75 Å². The van der Waals surface area contributed by atoms with Crippen molar-refractivity contribution in [3.8, 4) is 5.75 Å². The van der Waals surface area contributed by atoms with Crippen LogP contribution in [0.4, 0.5) is 0 Å². The first-order chi connectivity index (χ1) is 12.1. The summed E-state index contributed by atoms with van der Waals surface area (Å²) in [5.41, 5.74) is 2.17. The van der Waals surface area contributed by atoms with Crippen molar-refractivity contribution in [1.29, 1.82) is 0 Å². The Hall–Kier alpha value is -2.33. The number of aromatic hydroxyl groups is 1. The molecule has 1 fully saturated rings. The average molecular weight is 338 g/mol. The van der Waals surface area contributed by atoms with E-state index in [4.69, 9.17) is 0 Å². The first kappa shape index (κ1) is 17.5. The van der Waals surface area contributed by atoms with Crippen LogP contribution in [0.15, 0.2) is 54.6 Å². The van der Waals surface area contributed by atoms with Crippen LogP contribution >= 0.6 is 0 Å². The highest BCUT2D eigenvalue weighted by Gasteiger charge is 2.27. The van der Waals surface area contributed by atoms with Gasteiger partial charge in [0.15, 0.2) is 0 Å². The Morgan fingerprint density at radius 2 is 1.96 bits per heavy atom. The van der Waals surface area contributed by atoms with Crippen LogP contribution < -0.4 is 5.32 Å². The van der Waals surface area contributed by atoms with Crippen LogP contribution in [-0.4, -0.2) is 35.0 Å². The van der Waals surface area contributed by atoms with Crippen molar-refractivity contribution in [2.45, 2.75) is 32.4 Å². The summed E-state index contributed by atoms with van der Waals surface area (Å²) in [5.74, 6) is 0.696. The molecule has 0 aliphatic carbocycles. The second kappa shape index (κ2) is 8.17. The standard InChI is InChI=1S/C21H26N2O2/c1-16(22-21(25)13-18-8-5-9-20(24)12-18)19-10-11-23(15-19)14-17-6-3-2-4-7-17/h2-9,12,16,19,24H,10-11,13-15H2,1H3,(H,22,25)/t16-,19+/m1/s1. The van der Waals surface area contributed by atoms with Crippen molar-refractivity contribution in [3.05, 3.63) is 65.7 Å². The van der Waals surface area contributed by atoms with Crippen molar-refractivity contribution in [2.24, 2.45) is 5.92 Å². The fourth-order valence-electron chi connectivity index (χ4n) is 3.53. The predicted molar refractivity (Wildman–Crippen MR) is 99.2 cm³/mol. The van der Waals surface area contributed by atoms with Crippen LogP contribution in [0.2, 0.25) is 0 Å². The molecule has 1 aliphatic heterocycles. The number of phenols is 1. The quantitative estimate of drug-likeness (QED) is 0.851. The van der Waals surface area contributed by atoms with Gasteiger partial charge in [0.2, 0.25) is 5.91 Å². The van der Waals surface area contributed by atoms with Crippen LogP contribution in [0.25, 0.3) is 0 Å². The zero-order valence-corrected chi connectivity index (χ0v) is 14.7. The Kier molecular flexibility index (Phi) is 5.71. The van der Waals surface area contributed by atoms with E-state index in [1.54, 1.807) is 18.2 Å². The molecule has 1 heterocycles. The zero-order valence-electron chi connectivity index (χ0n) is 14.7. The summed E-state index contributed by atoms with van der Waals surface area (Å²) in [6, 6.07) is 17.6. The van der Waals surface area contributed by atoms with Gasteiger partial charge in [0.25, 0.3) is 0 Å². The number of carbonyl (C=O) groups is 1. The van der Waals surface area contributed by atoms with Gasteiger partial charge in [-0.1, -0.05) is 42.5 Å². The second-order valence-electron chi connectivity index (χ2n) is 6.97. The fraction of sp³-hybridized carbons (Fsp3) is 0.381. The molecule has 0 radical (unpaired) electrons. The third kappa shape index (κ3) is 5.07. The molecule has 4 nitrogen and oxygen atoms in total. The summed E-state index contributed by atoms with van der Waals surface area (Å²) < 4.78 is 0. The van der Waals surface area contributed by atoms with Crippen molar-refractivity contribution in [1.82, 2.24) is 10.2 Å². The average Bonchev–Trinajstić information content (AvgIpc) is 3.04. The lowest BCUT2D eigenvalue weighted by molar-refractivity contribution is -0.121. The number of hydrogen-bond donors (Lipinski definition) is 2. The van der Waals surface area contributed by atoms with Crippen molar-refractivity contribution in [2.75, 3.05) is 13.1 Å². The van der Waals surface area contributed by atoms with Gasteiger partial charge >= 0.3 is 0 Å². The molecule has 1 amide bonds. The Labute approximate surface area is 149 Å². The third-order valence-corrected chi connectivity index (χ3v) is 4.93. The molecular weight excluding hydrogens is 312 g/mol. The molecule has 0 saturated carbocycles. The Balaban J connectivity index is 1.47. The molecule has 0 spiro atoms. The molecule has 2 atom stereocenters. The predicted octanol–water partition coefficient (Wildman–Crippen LogP) is 2.96. The second-order valence-corrected chi connectivity index (χ2v) is 6.97. The lowest BCUT2D eigenvalue weighted by Crippen LogP contribution is -2.40. The molecule has 2 aromatic carbocycles. The molecule has 3 rings (SSSR count). The van der Waals surface area contributed by atoms with Crippen LogP contribution in [0.1, 0.15) is 24.5 Å². The molecule has 1 aliphatic rings. The lowest BCUT2D eigenvalue weighted by Gasteiger charge is -2.22. The number of nitrogens with zero attached hydrogens (tertiary/aromatic N) is 1. The number of benzene rings is 2.